The Kier molecular flexibility index (Phi) is 9.74. The van der Waals surface area contributed by atoms with Gasteiger partial charge in [0.15, 0.2) is 0 Å². The Balaban J connectivity index is 0.00000338. The Bertz CT molecular complexity index is 743. The number of nitrogens with one attached hydrogen (secondary N) is 1. The minimum Gasteiger partial charge on any atom is -0.309 e. The van der Waals surface area contributed by atoms with Gasteiger partial charge in [0.1, 0.15) is 0 Å². The molecule has 0 saturated carbocycles. The lowest BCUT2D eigenvalue weighted by atomic mass is 10.0. The molecule has 0 saturated heterocycles. The molecule has 3 nitrogen and oxygen atoms in total. The molecule has 0 heterocycles. The normalized spacial score (nSPS) is 12.9. The summed E-state index contributed by atoms with van der Waals surface area (Å²) >= 11 is 12.1. The van der Waals surface area contributed by atoms with E-state index >= 15 is 0 Å². The third-order valence-corrected chi connectivity index (χ3v) is 4.36. The van der Waals surface area contributed by atoms with Crippen molar-refractivity contribution in [3.63, 3.8) is 0 Å². The molecule has 2 rings (SSSR count). The van der Waals surface area contributed by atoms with Crippen LogP contribution >= 0.6 is 35.6 Å². The Morgan fingerprint density at radius 3 is 2.42 bits per heavy atom. The molecule has 140 valence electrons. The van der Waals surface area contributed by atoms with Gasteiger partial charge < -0.3 is 4.90 Å². The van der Waals surface area contributed by atoms with Gasteiger partial charge in [-0.2, -0.15) is 5.10 Å². The van der Waals surface area contributed by atoms with Crippen molar-refractivity contribution in [1.29, 1.82) is 0 Å². The van der Waals surface area contributed by atoms with Crippen LogP contribution in [0.15, 0.2) is 59.7 Å². The molecular weight excluding hydrogens is 389 g/mol. The van der Waals surface area contributed by atoms with Crippen molar-refractivity contribution in [2.75, 3.05) is 26.1 Å². The minimum atomic E-state index is 0. The quantitative estimate of drug-likeness (QED) is 0.440. The van der Waals surface area contributed by atoms with Gasteiger partial charge in [-0.05, 0) is 50.0 Å². The molecule has 0 aromatic heterocycles. The van der Waals surface area contributed by atoms with Gasteiger partial charge in [-0.25, -0.2) is 0 Å². The lowest BCUT2D eigenvalue weighted by Gasteiger charge is -2.17. The molecule has 0 bridgehead atoms. The highest BCUT2D eigenvalue weighted by atomic mass is 35.5. The highest BCUT2D eigenvalue weighted by molar-refractivity contribution is 6.42. The van der Waals surface area contributed by atoms with Crippen LogP contribution in [0, 0.1) is 5.92 Å². The standard InChI is InChI=1S/C20H23Cl2N3.ClH/c1-15(14-25(2)3)20(24-23-17-7-5-4-6-8-17)12-10-16-9-11-18(21)19(22)13-16;/h4-13,15,23H,14H2,1-3H3;1H/b12-10+,24-20-;. The van der Waals surface area contributed by atoms with Gasteiger partial charge in [-0.15, -0.1) is 12.4 Å². The number of benzene rings is 2. The Hall–Kier alpha value is -1.52. The highest BCUT2D eigenvalue weighted by Crippen LogP contribution is 2.23. The van der Waals surface area contributed by atoms with Gasteiger partial charge in [-0.1, -0.05) is 60.5 Å². The molecular formula is C20H24Cl3N3. The van der Waals surface area contributed by atoms with Crippen LogP contribution in [0.5, 0.6) is 0 Å². The summed E-state index contributed by atoms with van der Waals surface area (Å²) in [6, 6.07) is 15.5. The average molecular weight is 413 g/mol. The number of allylic oxidation sites excluding steroid dienone is 1. The second kappa shape index (κ2) is 11.2. The van der Waals surface area contributed by atoms with E-state index in [2.05, 4.69) is 36.4 Å². The predicted molar refractivity (Wildman–Crippen MR) is 118 cm³/mol. The van der Waals surface area contributed by atoms with E-state index in [0.29, 0.717) is 10.0 Å². The average Bonchev–Trinajstić information content (AvgIpc) is 2.58. The molecule has 0 spiro atoms. The first-order chi connectivity index (χ1) is 12.0. The van der Waals surface area contributed by atoms with Crippen LogP contribution in [-0.2, 0) is 0 Å². The number of para-hydroxylation sites is 1. The molecule has 0 amide bonds. The molecule has 2 aromatic rings. The van der Waals surface area contributed by atoms with E-state index in [1.54, 1.807) is 6.07 Å². The van der Waals surface area contributed by atoms with Crippen molar-refractivity contribution < 1.29 is 0 Å². The summed E-state index contributed by atoms with van der Waals surface area (Å²) in [5.41, 5.74) is 6.03. The van der Waals surface area contributed by atoms with Crippen molar-refractivity contribution in [3.05, 3.63) is 70.2 Å². The fraction of sp³-hybridized carbons (Fsp3) is 0.250. The summed E-state index contributed by atoms with van der Waals surface area (Å²) in [6.07, 6.45) is 4.02. The van der Waals surface area contributed by atoms with Crippen molar-refractivity contribution in [2.45, 2.75) is 6.92 Å². The Labute approximate surface area is 172 Å². The minimum absolute atomic E-state index is 0. The molecule has 1 unspecified atom stereocenters. The molecule has 0 fully saturated rings. The van der Waals surface area contributed by atoms with E-state index in [1.807, 2.05) is 54.6 Å². The van der Waals surface area contributed by atoms with E-state index in [4.69, 9.17) is 23.2 Å². The van der Waals surface area contributed by atoms with Crippen molar-refractivity contribution in [3.8, 4) is 0 Å². The van der Waals surface area contributed by atoms with Gasteiger partial charge in [-0.3, -0.25) is 5.43 Å². The number of anilines is 1. The summed E-state index contributed by atoms with van der Waals surface area (Å²) in [4.78, 5) is 2.15. The number of rotatable bonds is 7. The Morgan fingerprint density at radius 1 is 1.12 bits per heavy atom. The van der Waals surface area contributed by atoms with E-state index < -0.39 is 0 Å². The van der Waals surface area contributed by atoms with Gasteiger partial charge >= 0.3 is 0 Å². The smallest absolute Gasteiger partial charge is 0.0648 e. The molecule has 2 aromatic carbocycles. The fourth-order valence-electron chi connectivity index (χ4n) is 2.39. The maximum absolute atomic E-state index is 6.09. The van der Waals surface area contributed by atoms with Crippen LogP contribution in [0.2, 0.25) is 10.0 Å². The van der Waals surface area contributed by atoms with Crippen molar-refractivity contribution in [2.24, 2.45) is 11.0 Å². The first-order valence-electron chi connectivity index (χ1n) is 8.12. The third kappa shape index (κ3) is 7.38. The number of hydrogen-bond acceptors (Lipinski definition) is 3. The van der Waals surface area contributed by atoms with Crippen molar-refractivity contribution >= 4 is 53.1 Å². The largest absolute Gasteiger partial charge is 0.309 e. The number of hydrogen-bond donors (Lipinski definition) is 1. The van der Waals surface area contributed by atoms with Crippen LogP contribution in [0.3, 0.4) is 0 Å². The van der Waals surface area contributed by atoms with Crippen LogP contribution in [0.25, 0.3) is 6.08 Å². The van der Waals surface area contributed by atoms with Crippen LogP contribution in [-0.4, -0.2) is 31.3 Å². The SMILES string of the molecule is CC(CN(C)C)C(/C=C/c1ccc(Cl)c(Cl)c1)=N\Nc1ccccc1.Cl. The highest BCUT2D eigenvalue weighted by Gasteiger charge is 2.10. The first-order valence-corrected chi connectivity index (χ1v) is 8.88. The van der Waals surface area contributed by atoms with E-state index in [9.17, 15) is 0 Å². The topological polar surface area (TPSA) is 27.6 Å². The lowest BCUT2D eigenvalue weighted by Crippen LogP contribution is -2.25. The number of nitrogens with zero attached hydrogens (tertiary/aromatic N) is 2. The fourth-order valence-corrected chi connectivity index (χ4v) is 2.70. The molecule has 1 N–H and O–H groups in total. The summed E-state index contributed by atoms with van der Waals surface area (Å²) in [7, 11) is 4.11. The molecule has 0 aliphatic heterocycles. The molecule has 0 radical (unpaired) electrons. The molecule has 0 aliphatic carbocycles. The van der Waals surface area contributed by atoms with Gasteiger partial charge in [0, 0.05) is 12.5 Å². The monoisotopic (exact) mass is 411 g/mol. The van der Waals surface area contributed by atoms with E-state index in [1.165, 1.54) is 0 Å². The summed E-state index contributed by atoms with van der Waals surface area (Å²) in [6.45, 7) is 3.06. The van der Waals surface area contributed by atoms with E-state index in [-0.39, 0.29) is 18.3 Å². The van der Waals surface area contributed by atoms with Crippen molar-refractivity contribution in [1.82, 2.24) is 4.90 Å². The van der Waals surface area contributed by atoms with Gasteiger partial charge in [0.25, 0.3) is 0 Å². The lowest BCUT2D eigenvalue weighted by molar-refractivity contribution is 0.381. The zero-order valence-corrected chi connectivity index (χ0v) is 17.4. The van der Waals surface area contributed by atoms with E-state index in [0.717, 1.165) is 23.5 Å². The third-order valence-electron chi connectivity index (χ3n) is 3.62. The summed E-state index contributed by atoms with van der Waals surface area (Å²) < 4.78 is 0. The first kappa shape index (κ1) is 22.5. The second-order valence-corrected chi connectivity index (χ2v) is 7.00. The molecule has 0 aliphatic rings. The summed E-state index contributed by atoms with van der Waals surface area (Å²) in [5, 5.41) is 5.70. The predicted octanol–water partition coefficient (Wildman–Crippen LogP) is 6.09. The molecule has 1 atom stereocenters. The number of halogens is 3. The zero-order chi connectivity index (χ0) is 18.2. The summed E-state index contributed by atoms with van der Waals surface area (Å²) in [5.74, 6) is 0.269. The van der Waals surface area contributed by atoms with Gasteiger partial charge in [0.05, 0.1) is 21.4 Å². The molecule has 6 heteroatoms. The maximum Gasteiger partial charge on any atom is 0.0648 e. The molecule has 26 heavy (non-hydrogen) atoms. The Morgan fingerprint density at radius 2 is 1.81 bits per heavy atom. The number of hydrazone groups is 1. The maximum atomic E-state index is 6.09. The zero-order valence-electron chi connectivity index (χ0n) is 15.1. The van der Waals surface area contributed by atoms with Gasteiger partial charge in [0.2, 0.25) is 0 Å². The second-order valence-electron chi connectivity index (χ2n) is 6.18. The van der Waals surface area contributed by atoms with Crippen LogP contribution < -0.4 is 5.43 Å². The van der Waals surface area contributed by atoms with Crippen LogP contribution in [0.1, 0.15) is 12.5 Å². The van der Waals surface area contributed by atoms with Crippen LogP contribution in [0.4, 0.5) is 5.69 Å².